The zero-order valence-corrected chi connectivity index (χ0v) is 21.7. The monoisotopic (exact) mass is 585 g/mol. The van der Waals surface area contributed by atoms with Crippen molar-refractivity contribution in [3.8, 4) is 10.6 Å². The molecule has 10 nitrogen and oxygen atoms in total. The number of thiophene rings is 1. The number of nitrogens with zero attached hydrogens (tertiary/aromatic N) is 2. The van der Waals surface area contributed by atoms with Crippen LogP contribution in [-0.4, -0.2) is 67.3 Å². The fraction of sp³-hybridized carbons (Fsp3) is 0.375. The number of rotatable bonds is 8. The van der Waals surface area contributed by atoms with Crippen molar-refractivity contribution in [2.75, 3.05) is 26.3 Å². The molecule has 1 saturated carbocycles. The minimum atomic E-state index is -4.75. The summed E-state index contributed by atoms with van der Waals surface area (Å²) in [5.74, 6) is -3.58. The first kappa shape index (κ1) is 27.3. The van der Waals surface area contributed by atoms with E-state index in [1.165, 1.54) is 6.07 Å². The van der Waals surface area contributed by atoms with Crippen LogP contribution >= 0.6 is 11.3 Å². The Labute approximate surface area is 224 Å². The van der Waals surface area contributed by atoms with Gasteiger partial charge in [-0.2, -0.15) is 17.9 Å². The molecule has 1 aliphatic heterocycles. The highest BCUT2D eigenvalue weighted by Gasteiger charge is 2.64. The van der Waals surface area contributed by atoms with Crippen LogP contribution in [0.2, 0.25) is 0 Å². The third kappa shape index (κ3) is 5.44. The summed E-state index contributed by atoms with van der Waals surface area (Å²) in [5, 5.41) is 13.4. The minimum Gasteiger partial charge on any atom is -0.480 e. The van der Waals surface area contributed by atoms with Crippen molar-refractivity contribution in [2.45, 2.75) is 34.7 Å². The number of benzene rings is 1. The van der Waals surface area contributed by atoms with Crippen LogP contribution in [0.5, 0.6) is 0 Å². The molecule has 1 aliphatic carbocycles. The maximum Gasteiger partial charge on any atom is 0.452 e. The van der Waals surface area contributed by atoms with E-state index in [2.05, 4.69) is 14.4 Å². The molecule has 3 aromatic rings. The largest absolute Gasteiger partial charge is 0.480 e. The average molecular weight is 586 g/mol. The number of aliphatic carboxylic acids is 1. The number of hydrogen-bond acceptors (Lipinski definition) is 8. The maximum absolute atomic E-state index is 13.2. The Kier molecular flexibility index (Phi) is 7.03. The maximum atomic E-state index is 13.2. The second kappa shape index (κ2) is 10.0. The van der Waals surface area contributed by atoms with E-state index in [1.807, 2.05) is 0 Å². The van der Waals surface area contributed by atoms with Crippen LogP contribution < -0.4 is 4.72 Å². The number of halogens is 3. The molecule has 3 heterocycles. The van der Waals surface area contributed by atoms with Crippen LogP contribution in [0.25, 0.3) is 10.6 Å². The first-order valence-corrected chi connectivity index (χ1v) is 14.1. The minimum absolute atomic E-state index is 0.0288. The van der Waals surface area contributed by atoms with Crippen LogP contribution in [0.1, 0.15) is 29.2 Å². The van der Waals surface area contributed by atoms with E-state index in [4.69, 9.17) is 4.74 Å². The molecule has 0 radical (unpaired) electrons. The van der Waals surface area contributed by atoms with Gasteiger partial charge in [0.25, 0.3) is 10.0 Å². The van der Waals surface area contributed by atoms with Crippen LogP contribution in [0.3, 0.4) is 0 Å². The zero-order chi connectivity index (χ0) is 28.0. The first-order valence-electron chi connectivity index (χ1n) is 11.8. The molecule has 2 fully saturated rings. The second-order valence-electron chi connectivity index (χ2n) is 9.20. The molecule has 39 heavy (non-hydrogen) atoms. The second-order valence-corrected chi connectivity index (χ2v) is 12.2. The molecule has 1 saturated heterocycles. The van der Waals surface area contributed by atoms with Gasteiger partial charge in [-0.1, -0.05) is 29.4 Å². The van der Waals surface area contributed by atoms with E-state index < -0.39 is 39.4 Å². The predicted octanol–water partition coefficient (Wildman–Crippen LogP) is 3.11. The van der Waals surface area contributed by atoms with Gasteiger partial charge >= 0.3 is 12.1 Å². The molecule has 5 rings (SSSR count). The normalized spacial score (nSPS) is 21.6. The number of carbonyl (C=O) groups is 2. The van der Waals surface area contributed by atoms with Gasteiger partial charge in [-0.3, -0.25) is 9.59 Å². The standard InChI is InChI=1S/C24H22F3N3O7S2/c25-24(26,27)19-12-17(28-37-19)18-5-6-21(38-18)39(34,35)29-23(22(32)33)13-16(23)15-4-2-1-3-14(15)11-20(31)30-7-9-36-10-8-30/h1-6,12,16,29H,7-11,13H2,(H,32,33)/t16-,23+/m0/s1. The highest BCUT2D eigenvalue weighted by Crippen LogP contribution is 2.53. The molecule has 2 aliphatic rings. The lowest BCUT2D eigenvalue weighted by Crippen LogP contribution is -2.44. The number of ether oxygens (including phenoxy) is 1. The summed E-state index contributed by atoms with van der Waals surface area (Å²) in [6.45, 7) is 1.78. The number of hydrogen-bond donors (Lipinski definition) is 2. The molecule has 208 valence electrons. The highest BCUT2D eigenvalue weighted by atomic mass is 32.2. The summed E-state index contributed by atoms with van der Waals surface area (Å²) >= 11 is 0.628. The van der Waals surface area contributed by atoms with Crippen molar-refractivity contribution in [3.05, 3.63) is 59.4 Å². The molecule has 1 aromatic carbocycles. The van der Waals surface area contributed by atoms with E-state index in [-0.39, 0.29) is 33.5 Å². The van der Waals surface area contributed by atoms with Gasteiger partial charge in [-0.15, -0.1) is 11.3 Å². The lowest BCUT2D eigenvalue weighted by Gasteiger charge is -2.27. The van der Waals surface area contributed by atoms with Gasteiger partial charge in [0.2, 0.25) is 11.7 Å². The number of amides is 1. The number of carbonyl (C=O) groups excluding carboxylic acids is 1. The van der Waals surface area contributed by atoms with Gasteiger partial charge in [0.1, 0.15) is 15.4 Å². The van der Waals surface area contributed by atoms with E-state index in [1.54, 1.807) is 29.2 Å². The van der Waals surface area contributed by atoms with Crippen LogP contribution in [-0.2, 0) is 36.9 Å². The molecule has 0 unspecified atom stereocenters. The van der Waals surface area contributed by atoms with Crippen molar-refractivity contribution < 1.29 is 45.5 Å². The lowest BCUT2D eigenvalue weighted by atomic mass is 9.97. The number of morpholine rings is 1. The summed E-state index contributed by atoms with van der Waals surface area (Å²) in [4.78, 5) is 26.9. The Bertz CT molecular complexity index is 1510. The van der Waals surface area contributed by atoms with Gasteiger partial charge in [0, 0.05) is 25.1 Å². The lowest BCUT2D eigenvalue weighted by molar-refractivity contribution is -0.155. The van der Waals surface area contributed by atoms with Gasteiger partial charge in [0.05, 0.1) is 24.5 Å². The van der Waals surface area contributed by atoms with Crippen molar-refractivity contribution >= 4 is 33.2 Å². The summed E-state index contributed by atoms with van der Waals surface area (Å²) in [5.41, 5.74) is -0.896. The Morgan fingerprint density at radius 1 is 1.18 bits per heavy atom. The van der Waals surface area contributed by atoms with Crippen LogP contribution in [0, 0.1) is 0 Å². The number of sulfonamides is 1. The Hall–Kier alpha value is -3.27. The molecule has 1 amide bonds. The number of alkyl halides is 3. The predicted molar refractivity (Wildman–Crippen MR) is 130 cm³/mol. The number of aromatic nitrogens is 1. The van der Waals surface area contributed by atoms with Crippen molar-refractivity contribution in [1.82, 2.24) is 14.8 Å². The van der Waals surface area contributed by atoms with Gasteiger partial charge in [-0.25, -0.2) is 8.42 Å². The summed E-state index contributed by atoms with van der Waals surface area (Å²) in [6, 6.07) is 9.88. The number of nitrogens with one attached hydrogen (secondary N) is 1. The van der Waals surface area contributed by atoms with E-state index in [0.29, 0.717) is 54.8 Å². The first-order chi connectivity index (χ1) is 18.4. The molecule has 0 spiro atoms. The summed E-state index contributed by atoms with van der Waals surface area (Å²) in [7, 11) is -4.39. The van der Waals surface area contributed by atoms with Crippen molar-refractivity contribution in [1.29, 1.82) is 0 Å². The molecule has 2 atom stereocenters. The topological polar surface area (TPSA) is 139 Å². The van der Waals surface area contributed by atoms with E-state index >= 15 is 0 Å². The SMILES string of the molecule is O=C(Cc1ccccc1[C@@H]1C[C@]1(NS(=O)(=O)c1ccc(-c2cc(C(F)(F)F)on2)s1)C(=O)O)N1CCOCC1. The van der Waals surface area contributed by atoms with Crippen molar-refractivity contribution in [3.63, 3.8) is 0 Å². The van der Waals surface area contributed by atoms with Gasteiger partial charge < -0.3 is 19.3 Å². The van der Waals surface area contributed by atoms with Crippen LogP contribution in [0.15, 0.2) is 51.2 Å². The Morgan fingerprint density at radius 3 is 2.56 bits per heavy atom. The molecular weight excluding hydrogens is 563 g/mol. The van der Waals surface area contributed by atoms with Crippen LogP contribution in [0.4, 0.5) is 13.2 Å². The smallest absolute Gasteiger partial charge is 0.452 e. The average Bonchev–Trinajstić information content (AvgIpc) is 3.25. The Morgan fingerprint density at radius 2 is 1.90 bits per heavy atom. The summed E-state index contributed by atoms with van der Waals surface area (Å²) < 4.78 is 76.4. The number of carboxylic acid groups (broad SMARTS) is 1. The quantitative estimate of drug-likeness (QED) is 0.411. The summed E-state index contributed by atoms with van der Waals surface area (Å²) in [6.07, 6.45) is -4.77. The Balaban J connectivity index is 1.36. The number of carboxylic acids is 1. The van der Waals surface area contributed by atoms with Crippen molar-refractivity contribution in [2.24, 2.45) is 0 Å². The molecule has 15 heteroatoms. The molecular formula is C24H22F3N3O7S2. The van der Waals surface area contributed by atoms with E-state index in [9.17, 15) is 36.3 Å². The third-order valence-electron chi connectivity index (χ3n) is 6.68. The van der Waals surface area contributed by atoms with E-state index in [0.717, 1.165) is 6.07 Å². The molecule has 2 N–H and O–H groups in total. The molecule has 0 bridgehead atoms. The fourth-order valence-electron chi connectivity index (χ4n) is 4.57. The van der Waals surface area contributed by atoms with Gasteiger partial charge in [0.15, 0.2) is 0 Å². The van der Waals surface area contributed by atoms with Gasteiger partial charge in [-0.05, 0) is 29.7 Å². The zero-order valence-electron chi connectivity index (χ0n) is 20.1. The fourth-order valence-corrected chi connectivity index (χ4v) is 7.23. The third-order valence-corrected chi connectivity index (χ3v) is 9.79. The molecule has 2 aromatic heterocycles. The highest BCUT2D eigenvalue weighted by molar-refractivity contribution is 7.91.